The molecule has 1 aliphatic rings. The fourth-order valence-electron chi connectivity index (χ4n) is 1.62. The van der Waals surface area contributed by atoms with Gasteiger partial charge < -0.3 is 0 Å². The maximum Gasteiger partial charge on any atom is 0.00119 e. The quantitative estimate of drug-likeness (QED) is 0.541. The van der Waals surface area contributed by atoms with E-state index in [0.717, 1.165) is 12.8 Å². The Morgan fingerprint density at radius 1 is 1.67 bits per heavy atom. The van der Waals surface area contributed by atoms with Crippen LogP contribution in [-0.4, -0.2) is 0 Å². The van der Waals surface area contributed by atoms with E-state index in [4.69, 9.17) is 0 Å². The van der Waals surface area contributed by atoms with Crippen LogP contribution in [0.3, 0.4) is 0 Å². The van der Waals surface area contributed by atoms with E-state index in [2.05, 4.69) is 39.5 Å². The zero-order valence-electron chi connectivity index (χ0n) is 8.35. The van der Waals surface area contributed by atoms with Gasteiger partial charge in [0.05, 0.1) is 0 Å². The molecule has 0 saturated heterocycles. The molecule has 0 amide bonds. The maximum absolute atomic E-state index is 4.00. The van der Waals surface area contributed by atoms with Crippen LogP contribution in [0.4, 0.5) is 0 Å². The summed E-state index contributed by atoms with van der Waals surface area (Å²) in [6, 6.07) is 0. The molecule has 0 aliphatic heterocycles. The molecule has 0 heteroatoms. The van der Waals surface area contributed by atoms with Gasteiger partial charge in [-0.25, -0.2) is 0 Å². The SMILES string of the molecule is C=C(C)C1C=C(CC)C(C)=CC1. The highest BCUT2D eigenvalue weighted by molar-refractivity contribution is 5.35. The van der Waals surface area contributed by atoms with E-state index in [-0.39, 0.29) is 0 Å². The highest BCUT2D eigenvalue weighted by Crippen LogP contribution is 2.28. The van der Waals surface area contributed by atoms with Crippen molar-refractivity contribution in [1.29, 1.82) is 0 Å². The van der Waals surface area contributed by atoms with Gasteiger partial charge in [0.25, 0.3) is 0 Å². The fraction of sp³-hybridized carbons (Fsp3) is 0.500. The zero-order valence-corrected chi connectivity index (χ0v) is 8.35. The summed E-state index contributed by atoms with van der Waals surface area (Å²) < 4.78 is 0. The van der Waals surface area contributed by atoms with Crippen molar-refractivity contribution in [2.75, 3.05) is 0 Å². The predicted molar refractivity (Wildman–Crippen MR) is 55.1 cm³/mol. The number of allylic oxidation sites excluding steroid dienone is 5. The van der Waals surface area contributed by atoms with Crippen molar-refractivity contribution in [3.05, 3.63) is 35.5 Å². The number of hydrogen-bond donors (Lipinski definition) is 0. The van der Waals surface area contributed by atoms with Crippen molar-refractivity contribution in [3.63, 3.8) is 0 Å². The summed E-state index contributed by atoms with van der Waals surface area (Å²) >= 11 is 0. The summed E-state index contributed by atoms with van der Waals surface area (Å²) in [6.45, 7) is 10.5. The second kappa shape index (κ2) is 3.75. The van der Waals surface area contributed by atoms with Crippen molar-refractivity contribution in [3.8, 4) is 0 Å². The molecular weight excluding hydrogens is 144 g/mol. The van der Waals surface area contributed by atoms with E-state index in [1.807, 2.05) is 0 Å². The van der Waals surface area contributed by atoms with E-state index in [1.165, 1.54) is 16.7 Å². The van der Waals surface area contributed by atoms with Gasteiger partial charge in [0.2, 0.25) is 0 Å². The van der Waals surface area contributed by atoms with Crippen LogP contribution in [0.25, 0.3) is 0 Å². The van der Waals surface area contributed by atoms with Crippen LogP contribution in [0, 0.1) is 5.92 Å². The van der Waals surface area contributed by atoms with Crippen LogP contribution in [0.2, 0.25) is 0 Å². The van der Waals surface area contributed by atoms with Gasteiger partial charge in [0.15, 0.2) is 0 Å². The molecule has 0 heterocycles. The van der Waals surface area contributed by atoms with E-state index in [0.29, 0.717) is 5.92 Å². The maximum atomic E-state index is 4.00. The minimum Gasteiger partial charge on any atom is -0.0995 e. The topological polar surface area (TPSA) is 0 Å². The van der Waals surface area contributed by atoms with Crippen molar-refractivity contribution in [1.82, 2.24) is 0 Å². The lowest BCUT2D eigenvalue weighted by Crippen LogP contribution is -2.03. The summed E-state index contributed by atoms with van der Waals surface area (Å²) in [5, 5.41) is 0. The van der Waals surface area contributed by atoms with E-state index in [9.17, 15) is 0 Å². The second-order valence-electron chi connectivity index (χ2n) is 3.62. The highest BCUT2D eigenvalue weighted by Gasteiger charge is 2.11. The average Bonchev–Trinajstić information content (AvgIpc) is 2.05. The Bertz CT molecular complexity index is 241. The normalized spacial score (nSPS) is 23.1. The van der Waals surface area contributed by atoms with Crippen molar-refractivity contribution in [2.24, 2.45) is 5.92 Å². The summed E-state index contributed by atoms with van der Waals surface area (Å²) in [5.74, 6) is 0.587. The lowest BCUT2D eigenvalue weighted by molar-refractivity contribution is 0.746. The first kappa shape index (κ1) is 9.31. The van der Waals surface area contributed by atoms with Crippen LogP contribution < -0.4 is 0 Å². The molecule has 0 bridgehead atoms. The Labute approximate surface area is 75.7 Å². The molecule has 1 unspecified atom stereocenters. The fourth-order valence-corrected chi connectivity index (χ4v) is 1.62. The first-order chi connectivity index (χ1) is 5.65. The monoisotopic (exact) mass is 162 g/mol. The molecule has 0 aromatic carbocycles. The molecule has 0 nitrogen and oxygen atoms in total. The van der Waals surface area contributed by atoms with Gasteiger partial charge in [-0.1, -0.05) is 36.8 Å². The van der Waals surface area contributed by atoms with Crippen LogP contribution in [0.15, 0.2) is 35.5 Å². The Balaban J connectivity index is 2.80. The molecule has 1 aliphatic carbocycles. The van der Waals surface area contributed by atoms with Crippen molar-refractivity contribution >= 4 is 0 Å². The third kappa shape index (κ3) is 1.88. The largest absolute Gasteiger partial charge is 0.0995 e. The molecule has 0 aromatic rings. The van der Waals surface area contributed by atoms with Crippen LogP contribution in [-0.2, 0) is 0 Å². The molecule has 0 radical (unpaired) electrons. The van der Waals surface area contributed by atoms with Gasteiger partial charge >= 0.3 is 0 Å². The van der Waals surface area contributed by atoms with Gasteiger partial charge in [0.1, 0.15) is 0 Å². The molecule has 0 aromatic heterocycles. The van der Waals surface area contributed by atoms with E-state index in [1.54, 1.807) is 0 Å². The summed E-state index contributed by atoms with van der Waals surface area (Å²) in [5.41, 5.74) is 4.23. The lowest BCUT2D eigenvalue weighted by Gasteiger charge is -2.19. The Morgan fingerprint density at radius 3 is 2.83 bits per heavy atom. The third-order valence-corrected chi connectivity index (χ3v) is 2.60. The van der Waals surface area contributed by atoms with Gasteiger partial charge in [0, 0.05) is 5.92 Å². The molecule has 66 valence electrons. The van der Waals surface area contributed by atoms with Gasteiger partial charge in [-0.3, -0.25) is 0 Å². The third-order valence-electron chi connectivity index (χ3n) is 2.60. The minimum absolute atomic E-state index is 0.587. The molecule has 0 fully saturated rings. The Morgan fingerprint density at radius 2 is 2.33 bits per heavy atom. The van der Waals surface area contributed by atoms with Gasteiger partial charge in [-0.05, 0) is 32.3 Å². The second-order valence-corrected chi connectivity index (χ2v) is 3.62. The van der Waals surface area contributed by atoms with Gasteiger partial charge in [-0.15, -0.1) is 0 Å². The smallest absolute Gasteiger partial charge is 0.00119 e. The molecular formula is C12H18. The van der Waals surface area contributed by atoms with E-state index < -0.39 is 0 Å². The summed E-state index contributed by atoms with van der Waals surface area (Å²) in [7, 11) is 0. The number of rotatable bonds is 2. The molecule has 0 spiro atoms. The minimum atomic E-state index is 0.587. The average molecular weight is 162 g/mol. The lowest BCUT2D eigenvalue weighted by atomic mass is 9.86. The molecule has 1 atom stereocenters. The molecule has 1 rings (SSSR count). The Kier molecular flexibility index (Phi) is 2.91. The zero-order chi connectivity index (χ0) is 9.14. The predicted octanol–water partition coefficient (Wildman–Crippen LogP) is 3.87. The molecule has 0 saturated carbocycles. The molecule has 0 N–H and O–H groups in total. The summed E-state index contributed by atoms with van der Waals surface area (Å²) in [4.78, 5) is 0. The standard InChI is InChI=1S/C12H18/c1-5-11-8-12(9(2)3)7-6-10(11)4/h6,8,12H,2,5,7H2,1,3-4H3. The van der Waals surface area contributed by atoms with Crippen LogP contribution in [0.1, 0.15) is 33.6 Å². The Hall–Kier alpha value is -0.780. The van der Waals surface area contributed by atoms with Crippen LogP contribution in [0.5, 0.6) is 0 Å². The van der Waals surface area contributed by atoms with Crippen molar-refractivity contribution < 1.29 is 0 Å². The molecule has 12 heavy (non-hydrogen) atoms. The summed E-state index contributed by atoms with van der Waals surface area (Å²) in [6.07, 6.45) is 6.99. The highest BCUT2D eigenvalue weighted by atomic mass is 14.2. The van der Waals surface area contributed by atoms with Crippen molar-refractivity contribution in [2.45, 2.75) is 33.6 Å². The van der Waals surface area contributed by atoms with Crippen LogP contribution >= 0.6 is 0 Å². The first-order valence-electron chi connectivity index (χ1n) is 4.68. The van der Waals surface area contributed by atoms with Gasteiger partial charge in [-0.2, -0.15) is 0 Å². The first-order valence-corrected chi connectivity index (χ1v) is 4.68. The number of hydrogen-bond acceptors (Lipinski definition) is 0. The van der Waals surface area contributed by atoms with E-state index >= 15 is 0 Å².